The van der Waals surface area contributed by atoms with Crippen molar-refractivity contribution in [3.05, 3.63) is 46.5 Å². The molecule has 0 heterocycles. The van der Waals surface area contributed by atoms with Crippen LogP contribution in [0, 0.1) is 27.7 Å². The summed E-state index contributed by atoms with van der Waals surface area (Å²) in [5.41, 5.74) is 5.50. The van der Waals surface area contributed by atoms with Gasteiger partial charge in [-0.25, -0.2) is 0 Å². The molecule has 0 fully saturated rings. The van der Waals surface area contributed by atoms with E-state index in [1.807, 2.05) is 45.9 Å². The lowest BCUT2D eigenvalue weighted by Crippen LogP contribution is -1.89. The standard InChI is InChI=1S/C16H18O2/c1-9-5-12(4)16(18)14(6-9)13-8-15(17)11(3)7-10(13)2/h5-8,17-18H,1-4H3. The van der Waals surface area contributed by atoms with Crippen molar-refractivity contribution in [1.82, 2.24) is 0 Å². The zero-order chi connectivity index (χ0) is 13.4. The van der Waals surface area contributed by atoms with Gasteiger partial charge in [-0.05, 0) is 67.6 Å². The Hall–Kier alpha value is -1.96. The molecule has 0 aromatic heterocycles. The van der Waals surface area contributed by atoms with E-state index in [-0.39, 0.29) is 11.5 Å². The number of benzene rings is 2. The van der Waals surface area contributed by atoms with Gasteiger partial charge in [-0.2, -0.15) is 0 Å². The minimum absolute atomic E-state index is 0.258. The molecule has 0 bridgehead atoms. The molecule has 2 aromatic rings. The van der Waals surface area contributed by atoms with E-state index in [0.717, 1.165) is 33.4 Å². The fourth-order valence-corrected chi connectivity index (χ4v) is 2.30. The number of hydrogen-bond donors (Lipinski definition) is 2. The normalized spacial score (nSPS) is 10.7. The number of phenols is 2. The van der Waals surface area contributed by atoms with Gasteiger partial charge in [0.1, 0.15) is 11.5 Å². The summed E-state index contributed by atoms with van der Waals surface area (Å²) in [5, 5.41) is 20.0. The first kappa shape index (κ1) is 12.5. The first-order chi connectivity index (χ1) is 8.40. The number of aromatic hydroxyl groups is 2. The van der Waals surface area contributed by atoms with Crippen LogP contribution in [0.25, 0.3) is 11.1 Å². The van der Waals surface area contributed by atoms with Gasteiger partial charge in [0.2, 0.25) is 0 Å². The quantitative estimate of drug-likeness (QED) is 0.793. The van der Waals surface area contributed by atoms with Gasteiger partial charge in [0.15, 0.2) is 0 Å². The van der Waals surface area contributed by atoms with Gasteiger partial charge in [-0.3, -0.25) is 0 Å². The molecule has 94 valence electrons. The van der Waals surface area contributed by atoms with Gasteiger partial charge in [0.25, 0.3) is 0 Å². The Balaban J connectivity index is 2.73. The molecule has 2 nitrogen and oxygen atoms in total. The third-order valence-corrected chi connectivity index (χ3v) is 3.28. The zero-order valence-corrected chi connectivity index (χ0v) is 11.2. The average molecular weight is 242 g/mol. The molecule has 2 N–H and O–H groups in total. The van der Waals surface area contributed by atoms with E-state index < -0.39 is 0 Å². The summed E-state index contributed by atoms with van der Waals surface area (Å²) in [7, 11) is 0. The van der Waals surface area contributed by atoms with Crippen LogP contribution in [-0.2, 0) is 0 Å². The fourth-order valence-electron chi connectivity index (χ4n) is 2.30. The Morgan fingerprint density at radius 1 is 0.667 bits per heavy atom. The Kier molecular flexibility index (Phi) is 3.04. The summed E-state index contributed by atoms with van der Waals surface area (Å²) < 4.78 is 0. The third-order valence-electron chi connectivity index (χ3n) is 3.28. The Labute approximate surface area is 108 Å². The van der Waals surface area contributed by atoms with Crippen LogP contribution in [0.15, 0.2) is 24.3 Å². The topological polar surface area (TPSA) is 40.5 Å². The van der Waals surface area contributed by atoms with Crippen molar-refractivity contribution in [2.24, 2.45) is 0 Å². The molecule has 0 aliphatic carbocycles. The summed E-state index contributed by atoms with van der Waals surface area (Å²) >= 11 is 0. The Bertz CT molecular complexity index is 613. The maximum atomic E-state index is 10.2. The molecule has 0 saturated carbocycles. The fraction of sp³-hybridized carbons (Fsp3) is 0.250. The first-order valence-electron chi connectivity index (χ1n) is 6.01. The summed E-state index contributed by atoms with van der Waals surface area (Å²) in [4.78, 5) is 0. The highest BCUT2D eigenvalue weighted by Crippen LogP contribution is 2.37. The summed E-state index contributed by atoms with van der Waals surface area (Å²) in [6.45, 7) is 7.74. The smallest absolute Gasteiger partial charge is 0.126 e. The molecule has 0 unspecified atom stereocenters. The van der Waals surface area contributed by atoms with Gasteiger partial charge in [-0.1, -0.05) is 12.1 Å². The average Bonchev–Trinajstić information content (AvgIpc) is 2.29. The van der Waals surface area contributed by atoms with E-state index in [4.69, 9.17) is 0 Å². The summed E-state index contributed by atoms with van der Waals surface area (Å²) in [6, 6.07) is 7.54. The van der Waals surface area contributed by atoms with Crippen molar-refractivity contribution >= 4 is 0 Å². The highest BCUT2D eigenvalue weighted by Gasteiger charge is 2.12. The molecular weight excluding hydrogens is 224 g/mol. The molecule has 0 radical (unpaired) electrons. The van der Waals surface area contributed by atoms with E-state index in [2.05, 4.69) is 0 Å². The van der Waals surface area contributed by atoms with Crippen LogP contribution < -0.4 is 0 Å². The molecule has 0 saturated heterocycles. The van der Waals surface area contributed by atoms with Crippen molar-refractivity contribution in [3.8, 4) is 22.6 Å². The van der Waals surface area contributed by atoms with Crippen molar-refractivity contribution in [2.75, 3.05) is 0 Å². The van der Waals surface area contributed by atoms with E-state index in [1.165, 1.54) is 0 Å². The first-order valence-corrected chi connectivity index (χ1v) is 6.01. The minimum Gasteiger partial charge on any atom is -0.508 e. The maximum absolute atomic E-state index is 10.2. The number of hydrogen-bond acceptors (Lipinski definition) is 2. The van der Waals surface area contributed by atoms with Gasteiger partial charge in [0.05, 0.1) is 0 Å². The van der Waals surface area contributed by atoms with Crippen molar-refractivity contribution in [3.63, 3.8) is 0 Å². The second kappa shape index (κ2) is 4.37. The highest BCUT2D eigenvalue weighted by atomic mass is 16.3. The molecule has 0 aliphatic rings. The van der Waals surface area contributed by atoms with E-state index in [0.29, 0.717) is 0 Å². The Morgan fingerprint density at radius 2 is 1.33 bits per heavy atom. The van der Waals surface area contributed by atoms with Crippen molar-refractivity contribution < 1.29 is 10.2 Å². The predicted molar refractivity (Wildman–Crippen MR) is 74.2 cm³/mol. The monoisotopic (exact) mass is 242 g/mol. The van der Waals surface area contributed by atoms with Gasteiger partial charge < -0.3 is 10.2 Å². The van der Waals surface area contributed by atoms with Crippen LogP contribution in [0.4, 0.5) is 0 Å². The van der Waals surface area contributed by atoms with Crippen molar-refractivity contribution in [2.45, 2.75) is 27.7 Å². The second-order valence-electron chi connectivity index (χ2n) is 4.93. The van der Waals surface area contributed by atoms with Crippen LogP contribution in [0.2, 0.25) is 0 Å². The lowest BCUT2D eigenvalue weighted by Gasteiger charge is -2.13. The molecular formula is C16H18O2. The van der Waals surface area contributed by atoms with Crippen LogP contribution in [0.1, 0.15) is 22.3 Å². The predicted octanol–water partition coefficient (Wildman–Crippen LogP) is 4.00. The SMILES string of the molecule is Cc1cc(C)c(O)c(-c2cc(O)c(C)cc2C)c1. The molecule has 2 heteroatoms. The van der Waals surface area contributed by atoms with Crippen LogP contribution in [-0.4, -0.2) is 10.2 Å². The zero-order valence-electron chi connectivity index (χ0n) is 11.2. The van der Waals surface area contributed by atoms with Gasteiger partial charge in [-0.15, -0.1) is 0 Å². The van der Waals surface area contributed by atoms with Crippen LogP contribution in [0.3, 0.4) is 0 Å². The molecule has 2 rings (SSSR count). The molecule has 0 amide bonds. The number of rotatable bonds is 1. The van der Waals surface area contributed by atoms with Crippen LogP contribution in [0.5, 0.6) is 11.5 Å². The Morgan fingerprint density at radius 3 is 2.00 bits per heavy atom. The minimum atomic E-state index is 0.258. The lowest BCUT2D eigenvalue weighted by molar-refractivity contribution is 0.469. The largest absolute Gasteiger partial charge is 0.508 e. The number of aryl methyl sites for hydroxylation is 4. The van der Waals surface area contributed by atoms with E-state index >= 15 is 0 Å². The highest BCUT2D eigenvalue weighted by molar-refractivity contribution is 5.76. The van der Waals surface area contributed by atoms with Crippen LogP contribution >= 0.6 is 0 Å². The summed E-state index contributed by atoms with van der Waals surface area (Å²) in [5.74, 6) is 0.543. The second-order valence-corrected chi connectivity index (χ2v) is 4.93. The molecule has 0 aliphatic heterocycles. The van der Waals surface area contributed by atoms with Gasteiger partial charge in [0, 0.05) is 5.56 Å². The molecule has 2 aromatic carbocycles. The number of phenolic OH excluding ortho intramolecular Hbond substituents is 2. The van der Waals surface area contributed by atoms with E-state index in [1.54, 1.807) is 6.07 Å². The molecule has 0 spiro atoms. The molecule has 18 heavy (non-hydrogen) atoms. The summed E-state index contributed by atoms with van der Waals surface area (Å²) in [6.07, 6.45) is 0. The van der Waals surface area contributed by atoms with Gasteiger partial charge >= 0.3 is 0 Å². The van der Waals surface area contributed by atoms with E-state index in [9.17, 15) is 10.2 Å². The lowest BCUT2D eigenvalue weighted by atomic mass is 9.94. The van der Waals surface area contributed by atoms with Crippen molar-refractivity contribution in [1.29, 1.82) is 0 Å². The maximum Gasteiger partial charge on any atom is 0.126 e. The molecule has 0 atom stereocenters. The third kappa shape index (κ3) is 2.06.